The van der Waals surface area contributed by atoms with Gasteiger partial charge in [-0.15, -0.1) is 0 Å². The van der Waals surface area contributed by atoms with E-state index in [0.29, 0.717) is 0 Å². The Hall–Kier alpha value is -1.82. The van der Waals surface area contributed by atoms with Crippen LogP contribution in [0.5, 0.6) is 0 Å². The van der Waals surface area contributed by atoms with Crippen LogP contribution in [0.2, 0.25) is 0 Å². The second kappa shape index (κ2) is 10.7. The predicted molar refractivity (Wildman–Crippen MR) is 68.4 cm³/mol. The van der Waals surface area contributed by atoms with Gasteiger partial charge in [0.25, 0.3) is 0 Å². The van der Waals surface area contributed by atoms with Gasteiger partial charge in [-0.3, -0.25) is 0 Å². The summed E-state index contributed by atoms with van der Waals surface area (Å²) in [4.78, 5) is 10.5. The smallest absolute Gasteiger partial charge is 0.346 e. The second-order valence-electron chi connectivity index (χ2n) is 3.66. The summed E-state index contributed by atoms with van der Waals surface area (Å²) in [5, 5.41) is 17.0. The monoisotopic (exact) mass is 233 g/mol. The molecule has 0 atom stereocenters. The van der Waals surface area contributed by atoms with Crippen molar-refractivity contribution < 1.29 is 9.90 Å². The van der Waals surface area contributed by atoms with Gasteiger partial charge in [-0.2, -0.15) is 5.26 Å². The molecule has 0 saturated carbocycles. The molecule has 0 radical (unpaired) electrons. The molecule has 0 unspecified atom stereocenters. The maximum atomic E-state index is 10.5. The molecule has 0 aromatic rings. The number of nitriles is 1. The largest absolute Gasteiger partial charge is 0.477 e. The van der Waals surface area contributed by atoms with Crippen LogP contribution >= 0.6 is 0 Å². The summed E-state index contributed by atoms with van der Waals surface area (Å²) in [6, 6.07) is 1.61. The molecule has 0 spiro atoms. The quantitative estimate of drug-likeness (QED) is 0.301. The first-order chi connectivity index (χ1) is 8.22. The molecule has 0 aliphatic carbocycles. The first kappa shape index (κ1) is 15.2. The molecule has 0 fully saturated rings. The standard InChI is InChI=1S/C14H19NO2/c1-2-3-4-5-6-7-8-9-10-11-13(12-15)14(16)17/h7-11H,2-6H2,1H3,(H,16,17)/b8-7+,10-9+,13-11+. The van der Waals surface area contributed by atoms with Crippen LogP contribution in [-0.4, -0.2) is 11.1 Å². The Morgan fingerprint density at radius 3 is 2.59 bits per heavy atom. The van der Waals surface area contributed by atoms with Crippen LogP contribution in [-0.2, 0) is 4.79 Å². The van der Waals surface area contributed by atoms with Gasteiger partial charge in [-0.1, -0.05) is 50.5 Å². The third kappa shape index (κ3) is 9.13. The minimum atomic E-state index is -1.19. The van der Waals surface area contributed by atoms with E-state index >= 15 is 0 Å². The van der Waals surface area contributed by atoms with Crippen molar-refractivity contribution in [1.29, 1.82) is 5.26 Å². The summed E-state index contributed by atoms with van der Waals surface area (Å²) < 4.78 is 0. The van der Waals surface area contributed by atoms with Crippen molar-refractivity contribution in [2.45, 2.75) is 39.0 Å². The van der Waals surface area contributed by atoms with E-state index in [-0.39, 0.29) is 5.57 Å². The molecule has 0 aromatic carbocycles. The van der Waals surface area contributed by atoms with Crippen LogP contribution in [0.3, 0.4) is 0 Å². The van der Waals surface area contributed by atoms with Gasteiger partial charge >= 0.3 is 5.97 Å². The van der Waals surface area contributed by atoms with Crippen LogP contribution in [0, 0.1) is 11.3 Å². The molecular weight excluding hydrogens is 214 g/mol. The molecule has 0 aliphatic rings. The molecule has 0 bridgehead atoms. The summed E-state index contributed by atoms with van der Waals surface area (Å²) in [7, 11) is 0. The molecule has 0 amide bonds. The topological polar surface area (TPSA) is 61.1 Å². The number of hydrogen-bond acceptors (Lipinski definition) is 2. The maximum absolute atomic E-state index is 10.5. The number of carbonyl (C=O) groups is 1. The van der Waals surface area contributed by atoms with Gasteiger partial charge in [0.2, 0.25) is 0 Å². The average Bonchev–Trinajstić information content (AvgIpc) is 2.31. The summed E-state index contributed by atoms with van der Waals surface area (Å²) in [5.41, 5.74) is -0.252. The van der Waals surface area contributed by atoms with E-state index in [0.717, 1.165) is 6.42 Å². The van der Waals surface area contributed by atoms with E-state index in [2.05, 4.69) is 6.92 Å². The van der Waals surface area contributed by atoms with E-state index < -0.39 is 5.97 Å². The zero-order valence-electron chi connectivity index (χ0n) is 10.2. The zero-order chi connectivity index (χ0) is 12.9. The fraction of sp³-hybridized carbons (Fsp3) is 0.429. The normalized spacial score (nSPS) is 12.1. The first-order valence-electron chi connectivity index (χ1n) is 5.89. The van der Waals surface area contributed by atoms with Crippen LogP contribution in [0.1, 0.15) is 39.0 Å². The van der Waals surface area contributed by atoms with Crippen molar-refractivity contribution in [3.8, 4) is 6.07 Å². The Morgan fingerprint density at radius 1 is 1.24 bits per heavy atom. The lowest BCUT2D eigenvalue weighted by Gasteiger charge is -1.92. The second-order valence-corrected chi connectivity index (χ2v) is 3.66. The maximum Gasteiger partial charge on any atom is 0.346 e. The molecular formula is C14H19NO2. The number of carboxylic acids is 1. The molecule has 0 saturated heterocycles. The summed E-state index contributed by atoms with van der Waals surface area (Å²) in [5.74, 6) is -1.19. The van der Waals surface area contributed by atoms with Crippen molar-refractivity contribution >= 4 is 5.97 Å². The van der Waals surface area contributed by atoms with Crippen LogP contribution in [0.15, 0.2) is 36.0 Å². The minimum Gasteiger partial charge on any atom is -0.477 e. The lowest BCUT2D eigenvalue weighted by atomic mass is 10.1. The van der Waals surface area contributed by atoms with E-state index in [1.807, 2.05) is 12.2 Å². The van der Waals surface area contributed by atoms with E-state index in [1.54, 1.807) is 18.2 Å². The van der Waals surface area contributed by atoms with E-state index in [9.17, 15) is 4.79 Å². The molecule has 1 N–H and O–H groups in total. The fourth-order valence-corrected chi connectivity index (χ4v) is 1.24. The highest BCUT2D eigenvalue weighted by molar-refractivity contribution is 5.91. The summed E-state index contributed by atoms with van der Waals surface area (Å²) >= 11 is 0. The predicted octanol–water partition coefficient (Wildman–Crippen LogP) is 3.60. The van der Waals surface area contributed by atoms with Crippen molar-refractivity contribution in [3.05, 3.63) is 36.0 Å². The molecule has 3 nitrogen and oxygen atoms in total. The minimum absolute atomic E-state index is 0.252. The average molecular weight is 233 g/mol. The molecule has 3 heteroatoms. The van der Waals surface area contributed by atoms with Crippen molar-refractivity contribution in [2.75, 3.05) is 0 Å². The molecule has 17 heavy (non-hydrogen) atoms. The highest BCUT2D eigenvalue weighted by Crippen LogP contribution is 2.02. The van der Waals surface area contributed by atoms with Gasteiger partial charge < -0.3 is 5.11 Å². The van der Waals surface area contributed by atoms with E-state index in [4.69, 9.17) is 10.4 Å². The van der Waals surface area contributed by atoms with Gasteiger partial charge in [0.05, 0.1) is 0 Å². The number of nitrogens with zero attached hydrogens (tertiary/aromatic N) is 1. The Kier molecular flexibility index (Phi) is 9.55. The fourth-order valence-electron chi connectivity index (χ4n) is 1.24. The van der Waals surface area contributed by atoms with Gasteiger partial charge in [-0.05, 0) is 18.9 Å². The molecule has 0 heterocycles. The third-order valence-corrected chi connectivity index (χ3v) is 2.20. The number of unbranched alkanes of at least 4 members (excludes halogenated alkanes) is 4. The van der Waals surface area contributed by atoms with Crippen LogP contribution < -0.4 is 0 Å². The van der Waals surface area contributed by atoms with Gasteiger partial charge in [-0.25, -0.2) is 4.79 Å². The Labute approximate surface area is 103 Å². The summed E-state index contributed by atoms with van der Waals surface area (Å²) in [6.45, 7) is 2.18. The number of carboxylic acid groups (broad SMARTS) is 1. The van der Waals surface area contributed by atoms with Gasteiger partial charge in [0, 0.05) is 0 Å². The molecule has 0 rings (SSSR count). The lowest BCUT2D eigenvalue weighted by molar-refractivity contribution is -0.132. The van der Waals surface area contributed by atoms with Gasteiger partial charge in [0.1, 0.15) is 11.6 Å². The zero-order valence-corrected chi connectivity index (χ0v) is 10.2. The van der Waals surface area contributed by atoms with E-state index in [1.165, 1.54) is 31.8 Å². The highest BCUT2D eigenvalue weighted by Gasteiger charge is 2.01. The lowest BCUT2D eigenvalue weighted by Crippen LogP contribution is -1.96. The number of aliphatic carboxylic acids is 1. The SMILES string of the molecule is CCCCCC/C=C/C=C/C=C(\C#N)C(=O)O. The number of hydrogen-bond donors (Lipinski definition) is 1. The molecule has 0 aliphatic heterocycles. The van der Waals surface area contributed by atoms with Crippen LogP contribution in [0.25, 0.3) is 0 Å². The highest BCUT2D eigenvalue weighted by atomic mass is 16.4. The summed E-state index contributed by atoms with van der Waals surface area (Å²) in [6.07, 6.45) is 14.5. The number of rotatable bonds is 8. The third-order valence-electron chi connectivity index (χ3n) is 2.20. The van der Waals surface area contributed by atoms with Crippen LogP contribution in [0.4, 0.5) is 0 Å². The van der Waals surface area contributed by atoms with Gasteiger partial charge in [0.15, 0.2) is 0 Å². The first-order valence-corrected chi connectivity index (χ1v) is 5.89. The Morgan fingerprint density at radius 2 is 2.00 bits per heavy atom. The Bertz CT molecular complexity index is 346. The molecule has 92 valence electrons. The van der Waals surface area contributed by atoms with Crippen molar-refractivity contribution in [3.63, 3.8) is 0 Å². The molecule has 0 aromatic heterocycles. The Balaban J connectivity index is 3.84. The van der Waals surface area contributed by atoms with Crippen molar-refractivity contribution in [2.24, 2.45) is 0 Å². The van der Waals surface area contributed by atoms with Crippen molar-refractivity contribution in [1.82, 2.24) is 0 Å². The number of allylic oxidation sites excluding steroid dienone is 5.